The Kier molecular flexibility index (Phi) is 7.15. The number of amides is 1. The Morgan fingerprint density at radius 1 is 1.13 bits per heavy atom. The van der Waals surface area contributed by atoms with Crippen LogP contribution in [0.1, 0.15) is 51.0 Å². The molecular weight excluding hydrogens is 484 g/mol. The van der Waals surface area contributed by atoms with Gasteiger partial charge in [-0.1, -0.05) is 24.3 Å². The molecule has 4 aromatic rings. The number of carboxylic acids is 1. The monoisotopic (exact) mass is 516 g/mol. The van der Waals surface area contributed by atoms with Crippen molar-refractivity contribution in [3.63, 3.8) is 0 Å². The second kappa shape index (κ2) is 10.7. The van der Waals surface area contributed by atoms with Crippen LogP contribution in [0.4, 0.5) is 5.95 Å². The molecule has 0 fully saturated rings. The van der Waals surface area contributed by atoms with Crippen LogP contribution in [-0.4, -0.2) is 61.4 Å². The molecule has 2 aromatic carbocycles. The molecule has 5 rings (SSSR count). The van der Waals surface area contributed by atoms with Gasteiger partial charge in [0, 0.05) is 32.7 Å². The summed E-state index contributed by atoms with van der Waals surface area (Å²) in [6, 6.07) is 13.3. The first kappa shape index (κ1) is 25.5. The van der Waals surface area contributed by atoms with Gasteiger partial charge in [0.15, 0.2) is 0 Å². The molecule has 10 heteroatoms. The Hall–Kier alpha value is -4.18. The zero-order chi connectivity index (χ0) is 26.8. The van der Waals surface area contributed by atoms with Crippen molar-refractivity contribution in [3.8, 4) is 5.75 Å². The number of fused-ring (bicyclic) bond motifs is 2. The van der Waals surface area contributed by atoms with Crippen LogP contribution in [0.2, 0.25) is 0 Å². The Bertz CT molecular complexity index is 1500. The number of anilines is 1. The van der Waals surface area contributed by atoms with Gasteiger partial charge in [0.1, 0.15) is 17.0 Å². The smallest absolute Gasteiger partial charge is 0.335 e. The van der Waals surface area contributed by atoms with Crippen LogP contribution in [0.25, 0.3) is 11.0 Å². The van der Waals surface area contributed by atoms with Gasteiger partial charge in [-0.25, -0.2) is 9.78 Å². The van der Waals surface area contributed by atoms with Gasteiger partial charge in [0.25, 0.3) is 5.91 Å². The predicted molar refractivity (Wildman–Crippen MR) is 144 cm³/mol. The molecule has 198 valence electrons. The molecule has 0 saturated heterocycles. The first-order chi connectivity index (χ1) is 18.4. The number of rotatable bonds is 9. The summed E-state index contributed by atoms with van der Waals surface area (Å²) in [5.74, 6) is -0.655. The number of ether oxygens (including phenoxy) is 1. The van der Waals surface area contributed by atoms with Gasteiger partial charge in [-0.2, -0.15) is 5.10 Å². The maximum Gasteiger partial charge on any atom is 0.335 e. The third kappa shape index (κ3) is 4.99. The first-order valence-electron chi connectivity index (χ1n) is 12.8. The van der Waals surface area contributed by atoms with Crippen molar-refractivity contribution in [2.24, 2.45) is 0 Å². The molecule has 38 heavy (non-hydrogen) atoms. The highest BCUT2D eigenvalue weighted by Crippen LogP contribution is 2.31. The van der Waals surface area contributed by atoms with Gasteiger partial charge >= 0.3 is 5.97 Å². The number of hydrogen-bond donors (Lipinski definition) is 2. The highest BCUT2D eigenvalue weighted by molar-refractivity contribution is 6.03. The number of imidazole rings is 1. The molecule has 0 radical (unpaired) electrons. The third-order valence-corrected chi connectivity index (χ3v) is 7.00. The van der Waals surface area contributed by atoms with E-state index in [1.807, 2.05) is 18.4 Å². The predicted octanol–water partition coefficient (Wildman–Crippen LogP) is 3.97. The second-order valence-corrected chi connectivity index (χ2v) is 9.53. The fourth-order valence-corrected chi connectivity index (χ4v) is 5.15. The van der Waals surface area contributed by atoms with Crippen molar-refractivity contribution in [1.29, 1.82) is 0 Å². The van der Waals surface area contributed by atoms with E-state index in [9.17, 15) is 14.7 Å². The van der Waals surface area contributed by atoms with Crippen molar-refractivity contribution in [3.05, 3.63) is 70.5 Å². The minimum atomic E-state index is -1.07. The maximum atomic E-state index is 13.2. The quantitative estimate of drug-likeness (QED) is 0.346. The van der Waals surface area contributed by atoms with Gasteiger partial charge < -0.3 is 14.4 Å². The fourth-order valence-electron chi connectivity index (χ4n) is 5.15. The van der Waals surface area contributed by atoms with Crippen molar-refractivity contribution in [2.45, 2.75) is 46.3 Å². The van der Waals surface area contributed by atoms with Crippen molar-refractivity contribution < 1.29 is 19.4 Å². The number of aromatic nitrogens is 4. The van der Waals surface area contributed by atoms with Gasteiger partial charge in [-0.3, -0.25) is 19.7 Å². The number of carbonyl (C=O) groups excluding carboxylic acids is 1. The molecule has 0 saturated carbocycles. The SMILES string of the molecule is CCn1nc(C)cc1C(=O)Nc1nc2cc(C(=O)O)cc(OC)c2n1CCCN1CCc2ccccc2C1. The number of carbonyl (C=O) groups is 2. The molecule has 0 bridgehead atoms. The number of nitrogens with zero attached hydrogens (tertiary/aromatic N) is 5. The van der Waals surface area contributed by atoms with E-state index in [0.717, 1.165) is 38.2 Å². The fraction of sp³-hybridized carbons (Fsp3) is 0.357. The van der Waals surface area contributed by atoms with Crippen LogP contribution in [0, 0.1) is 6.92 Å². The lowest BCUT2D eigenvalue weighted by molar-refractivity contribution is 0.0696. The average Bonchev–Trinajstić information content (AvgIpc) is 3.47. The third-order valence-electron chi connectivity index (χ3n) is 7.00. The normalized spacial score (nSPS) is 13.4. The van der Waals surface area contributed by atoms with Gasteiger partial charge in [-0.05, 0) is 56.0 Å². The zero-order valence-electron chi connectivity index (χ0n) is 21.9. The maximum absolute atomic E-state index is 13.2. The second-order valence-electron chi connectivity index (χ2n) is 9.53. The van der Waals surface area contributed by atoms with Crippen molar-refractivity contribution in [2.75, 3.05) is 25.5 Å². The molecule has 10 nitrogen and oxygen atoms in total. The number of nitrogens with one attached hydrogen (secondary N) is 1. The molecule has 1 aliphatic rings. The number of aromatic carboxylic acids is 1. The lowest BCUT2D eigenvalue weighted by Gasteiger charge is -2.28. The summed E-state index contributed by atoms with van der Waals surface area (Å²) in [5.41, 5.74) is 5.14. The van der Waals surface area contributed by atoms with E-state index in [2.05, 4.69) is 44.6 Å². The zero-order valence-corrected chi connectivity index (χ0v) is 21.9. The summed E-state index contributed by atoms with van der Waals surface area (Å²) in [6.45, 7) is 7.68. The van der Waals surface area contributed by atoms with Gasteiger partial charge in [0.05, 0.1) is 23.9 Å². The molecule has 0 atom stereocenters. The van der Waals surface area contributed by atoms with E-state index in [4.69, 9.17) is 4.74 Å². The van der Waals surface area contributed by atoms with Crippen LogP contribution in [-0.2, 0) is 26.1 Å². The largest absolute Gasteiger partial charge is 0.494 e. The van der Waals surface area contributed by atoms with Crippen molar-refractivity contribution in [1.82, 2.24) is 24.2 Å². The highest BCUT2D eigenvalue weighted by atomic mass is 16.5. The number of benzene rings is 2. The number of carboxylic acid groups (broad SMARTS) is 1. The van der Waals surface area contributed by atoms with Crippen LogP contribution in [0.15, 0.2) is 42.5 Å². The van der Waals surface area contributed by atoms with E-state index < -0.39 is 5.97 Å². The van der Waals surface area contributed by atoms with Gasteiger partial charge in [0.2, 0.25) is 5.95 Å². The number of aryl methyl sites for hydroxylation is 3. The molecule has 2 N–H and O–H groups in total. The topological polar surface area (TPSA) is 115 Å². The summed E-state index contributed by atoms with van der Waals surface area (Å²) < 4.78 is 9.14. The van der Waals surface area contributed by atoms with Crippen LogP contribution in [0.3, 0.4) is 0 Å². The Morgan fingerprint density at radius 3 is 2.66 bits per heavy atom. The summed E-state index contributed by atoms with van der Waals surface area (Å²) in [6.07, 6.45) is 1.84. The van der Waals surface area contributed by atoms with E-state index in [0.29, 0.717) is 41.5 Å². The number of methoxy groups -OCH3 is 1. The minimum absolute atomic E-state index is 0.0727. The van der Waals surface area contributed by atoms with Gasteiger partial charge in [-0.15, -0.1) is 0 Å². The number of hydrogen-bond acceptors (Lipinski definition) is 6. The molecule has 1 amide bonds. The van der Waals surface area contributed by atoms with E-state index in [1.165, 1.54) is 30.4 Å². The molecule has 0 unspecified atom stereocenters. The van der Waals surface area contributed by atoms with E-state index >= 15 is 0 Å². The van der Waals surface area contributed by atoms with Crippen LogP contribution in [0.5, 0.6) is 5.75 Å². The highest BCUT2D eigenvalue weighted by Gasteiger charge is 2.22. The average molecular weight is 517 g/mol. The summed E-state index contributed by atoms with van der Waals surface area (Å²) in [5, 5.41) is 16.9. The molecule has 0 aliphatic carbocycles. The lowest BCUT2D eigenvalue weighted by atomic mass is 10.00. The molecular formula is C28H32N6O4. The van der Waals surface area contributed by atoms with Crippen molar-refractivity contribution >= 4 is 28.9 Å². The summed E-state index contributed by atoms with van der Waals surface area (Å²) >= 11 is 0. The first-order valence-corrected chi connectivity index (χ1v) is 12.8. The Morgan fingerprint density at radius 2 is 1.92 bits per heavy atom. The minimum Gasteiger partial charge on any atom is -0.494 e. The Balaban J connectivity index is 1.43. The van der Waals surface area contributed by atoms with E-state index in [-0.39, 0.29) is 11.5 Å². The molecule has 3 heterocycles. The summed E-state index contributed by atoms with van der Waals surface area (Å²) in [7, 11) is 1.50. The lowest BCUT2D eigenvalue weighted by Crippen LogP contribution is -2.31. The molecule has 0 spiro atoms. The molecule has 2 aromatic heterocycles. The van der Waals surface area contributed by atoms with Crippen LogP contribution < -0.4 is 10.1 Å². The molecule has 1 aliphatic heterocycles. The Labute approximate surface area is 220 Å². The standard InChI is InChI=1S/C28H32N6O4/c1-4-34-23(14-18(2)31-34)26(35)30-28-29-22-15-21(27(36)37)16-24(38-3)25(22)33(28)12-7-11-32-13-10-19-8-5-6-9-20(19)17-32/h5-6,8-9,14-16H,4,7,10-13,17H2,1-3H3,(H,36,37)(H,29,30,35). The summed E-state index contributed by atoms with van der Waals surface area (Å²) in [4.78, 5) is 32.0. The van der Waals surface area contributed by atoms with E-state index in [1.54, 1.807) is 10.7 Å². The van der Waals surface area contributed by atoms with Crippen LogP contribution >= 0.6 is 0 Å².